The predicted molar refractivity (Wildman–Crippen MR) is 121 cm³/mol. The molecule has 1 unspecified atom stereocenters. The van der Waals surface area contributed by atoms with Crippen molar-refractivity contribution in [2.24, 2.45) is 0 Å². The monoisotopic (exact) mass is 415 g/mol. The van der Waals surface area contributed by atoms with Gasteiger partial charge < -0.3 is 4.90 Å². The van der Waals surface area contributed by atoms with Crippen LogP contribution in [-0.2, 0) is 16.6 Å². The Morgan fingerprint density at radius 2 is 1.52 bits per heavy atom. The van der Waals surface area contributed by atoms with Crippen molar-refractivity contribution in [3.8, 4) is 0 Å². The van der Waals surface area contributed by atoms with Crippen LogP contribution in [0, 0.1) is 0 Å². The van der Waals surface area contributed by atoms with Gasteiger partial charge in [-0.15, -0.1) is 0 Å². The van der Waals surface area contributed by atoms with Crippen molar-refractivity contribution in [3.63, 3.8) is 0 Å². The predicted octanol–water partition coefficient (Wildman–Crippen LogP) is 3.44. The lowest BCUT2D eigenvalue weighted by molar-refractivity contribution is 0.250. The van der Waals surface area contributed by atoms with E-state index in [2.05, 4.69) is 76.0 Å². The second kappa shape index (κ2) is 9.74. The summed E-state index contributed by atoms with van der Waals surface area (Å²) in [5.41, 5.74) is 3.76. The lowest BCUT2D eigenvalue weighted by Gasteiger charge is -2.36. The van der Waals surface area contributed by atoms with Gasteiger partial charge in [-0.2, -0.15) is 0 Å². The van der Waals surface area contributed by atoms with Crippen LogP contribution >= 0.6 is 0 Å². The Hall–Kier alpha value is -1.89. The van der Waals surface area contributed by atoms with Gasteiger partial charge in [0.2, 0.25) is 10.0 Å². The van der Waals surface area contributed by atoms with E-state index < -0.39 is 15.3 Å². The summed E-state index contributed by atoms with van der Waals surface area (Å²) in [4.78, 5) is 4.93. The van der Waals surface area contributed by atoms with Crippen molar-refractivity contribution in [1.29, 1.82) is 0 Å². The summed E-state index contributed by atoms with van der Waals surface area (Å²) in [5.74, 6) is 0.139. The maximum Gasteiger partial charge on any atom is 0.213 e. The highest BCUT2D eigenvalue weighted by Gasteiger charge is 2.19. The summed E-state index contributed by atoms with van der Waals surface area (Å²) in [5, 5.41) is -0.405. The molecular formula is C23H33N3O2S. The molecule has 29 heavy (non-hydrogen) atoms. The van der Waals surface area contributed by atoms with E-state index in [0.717, 1.165) is 38.3 Å². The summed E-state index contributed by atoms with van der Waals surface area (Å²) in [7, 11) is -3.22. The molecule has 3 rings (SSSR count). The lowest BCUT2D eigenvalue weighted by Crippen LogP contribution is -2.45. The summed E-state index contributed by atoms with van der Waals surface area (Å²) in [6.07, 6.45) is 0. The Balaban J connectivity index is 1.50. The normalized spacial score (nSPS) is 16.9. The van der Waals surface area contributed by atoms with Crippen molar-refractivity contribution in [2.45, 2.75) is 38.5 Å². The molecule has 0 spiro atoms. The van der Waals surface area contributed by atoms with Crippen molar-refractivity contribution in [3.05, 3.63) is 65.7 Å². The molecule has 0 radical (unpaired) electrons. The smallest absolute Gasteiger partial charge is 0.213 e. The van der Waals surface area contributed by atoms with E-state index in [1.165, 1.54) is 11.3 Å². The van der Waals surface area contributed by atoms with Crippen LogP contribution in [0.2, 0.25) is 0 Å². The molecule has 2 aromatic carbocycles. The zero-order chi connectivity index (χ0) is 20.9. The van der Waals surface area contributed by atoms with Crippen molar-refractivity contribution in [1.82, 2.24) is 9.62 Å². The fourth-order valence-electron chi connectivity index (χ4n) is 3.55. The van der Waals surface area contributed by atoms with E-state index in [1.807, 2.05) is 0 Å². The van der Waals surface area contributed by atoms with E-state index >= 15 is 0 Å². The molecule has 1 heterocycles. The minimum atomic E-state index is -3.22. The van der Waals surface area contributed by atoms with Gasteiger partial charge in [0.05, 0.1) is 5.25 Å². The van der Waals surface area contributed by atoms with Crippen molar-refractivity contribution < 1.29 is 8.42 Å². The molecule has 5 nitrogen and oxygen atoms in total. The standard InChI is InChI=1S/C23H33N3O2S/c1-19(2)29(27,28)24-17-20(3)22-9-11-23(12-10-22)26-15-13-25(14-16-26)18-21-7-5-4-6-8-21/h4-12,19-20,24H,13-18H2,1-3H3. The minimum Gasteiger partial charge on any atom is -0.369 e. The molecule has 158 valence electrons. The molecule has 1 saturated heterocycles. The number of nitrogens with one attached hydrogen (secondary N) is 1. The van der Waals surface area contributed by atoms with E-state index in [9.17, 15) is 8.42 Å². The number of anilines is 1. The quantitative estimate of drug-likeness (QED) is 0.718. The topological polar surface area (TPSA) is 52.7 Å². The van der Waals surface area contributed by atoms with Crippen LogP contribution in [-0.4, -0.2) is 51.3 Å². The SMILES string of the molecule is CC(CNS(=O)(=O)C(C)C)c1ccc(N2CCN(Cc3ccccc3)CC2)cc1. The Labute approximate surface area is 175 Å². The Bertz CT molecular complexity index is 859. The number of benzene rings is 2. The first-order chi connectivity index (χ1) is 13.8. The highest BCUT2D eigenvalue weighted by molar-refractivity contribution is 7.90. The molecule has 0 bridgehead atoms. The molecule has 2 aromatic rings. The summed E-state index contributed by atoms with van der Waals surface area (Å²) < 4.78 is 26.6. The molecule has 1 atom stereocenters. The molecule has 1 N–H and O–H groups in total. The molecular weight excluding hydrogens is 382 g/mol. The van der Waals surface area contributed by atoms with Crippen LogP contribution in [0.25, 0.3) is 0 Å². The number of sulfonamides is 1. The fraction of sp³-hybridized carbons (Fsp3) is 0.478. The molecule has 1 aliphatic rings. The minimum absolute atomic E-state index is 0.139. The highest BCUT2D eigenvalue weighted by Crippen LogP contribution is 2.22. The third-order valence-electron chi connectivity index (χ3n) is 5.66. The Morgan fingerprint density at radius 3 is 2.10 bits per heavy atom. The Morgan fingerprint density at radius 1 is 0.897 bits per heavy atom. The van der Waals surface area contributed by atoms with Crippen LogP contribution in [0.5, 0.6) is 0 Å². The van der Waals surface area contributed by atoms with E-state index in [1.54, 1.807) is 13.8 Å². The number of rotatable bonds is 8. The lowest BCUT2D eigenvalue weighted by atomic mass is 10.0. The zero-order valence-electron chi connectivity index (χ0n) is 17.7. The number of piperazine rings is 1. The van der Waals surface area contributed by atoms with Crippen LogP contribution in [0.4, 0.5) is 5.69 Å². The number of hydrogen-bond donors (Lipinski definition) is 1. The fourth-order valence-corrected chi connectivity index (χ4v) is 4.36. The number of hydrogen-bond acceptors (Lipinski definition) is 4. The summed E-state index contributed by atoms with van der Waals surface area (Å²) in [6.45, 7) is 11.1. The molecule has 6 heteroatoms. The van der Waals surface area contributed by atoms with Gasteiger partial charge in [-0.25, -0.2) is 13.1 Å². The maximum absolute atomic E-state index is 11.9. The zero-order valence-corrected chi connectivity index (χ0v) is 18.5. The van der Waals surface area contributed by atoms with Gasteiger partial charge in [0.25, 0.3) is 0 Å². The van der Waals surface area contributed by atoms with E-state index in [0.29, 0.717) is 6.54 Å². The maximum atomic E-state index is 11.9. The molecule has 0 amide bonds. The van der Waals surface area contributed by atoms with Gasteiger partial charge in [0.1, 0.15) is 0 Å². The summed E-state index contributed by atoms with van der Waals surface area (Å²) in [6, 6.07) is 19.2. The Kier molecular flexibility index (Phi) is 7.33. The van der Waals surface area contributed by atoms with Gasteiger partial charge in [0.15, 0.2) is 0 Å². The first-order valence-electron chi connectivity index (χ1n) is 10.4. The molecule has 1 fully saturated rings. The van der Waals surface area contributed by atoms with Crippen LogP contribution in [0.1, 0.15) is 37.8 Å². The first-order valence-corrected chi connectivity index (χ1v) is 12.0. The van der Waals surface area contributed by atoms with Crippen LogP contribution < -0.4 is 9.62 Å². The second-order valence-corrected chi connectivity index (χ2v) is 10.5. The largest absolute Gasteiger partial charge is 0.369 e. The summed E-state index contributed by atoms with van der Waals surface area (Å²) >= 11 is 0. The van der Waals surface area contributed by atoms with Gasteiger partial charge >= 0.3 is 0 Å². The van der Waals surface area contributed by atoms with Gasteiger partial charge in [-0.05, 0) is 43.0 Å². The molecule has 1 aliphatic heterocycles. The van der Waals surface area contributed by atoms with Gasteiger partial charge in [0, 0.05) is 45.0 Å². The second-order valence-electron chi connectivity index (χ2n) is 8.18. The molecule has 0 saturated carbocycles. The highest BCUT2D eigenvalue weighted by atomic mass is 32.2. The van der Waals surface area contributed by atoms with E-state index in [4.69, 9.17) is 0 Å². The van der Waals surface area contributed by atoms with Crippen LogP contribution in [0.15, 0.2) is 54.6 Å². The average Bonchev–Trinajstić information content (AvgIpc) is 2.73. The third kappa shape index (κ3) is 6.04. The van der Waals surface area contributed by atoms with Gasteiger partial charge in [-0.1, -0.05) is 49.4 Å². The third-order valence-corrected chi connectivity index (χ3v) is 7.47. The van der Waals surface area contributed by atoms with Gasteiger partial charge in [-0.3, -0.25) is 4.90 Å². The number of nitrogens with zero attached hydrogens (tertiary/aromatic N) is 2. The van der Waals surface area contributed by atoms with E-state index in [-0.39, 0.29) is 5.92 Å². The molecule has 0 aromatic heterocycles. The van der Waals surface area contributed by atoms with Crippen molar-refractivity contribution >= 4 is 15.7 Å². The van der Waals surface area contributed by atoms with Crippen molar-refractivity contribution in [2.75, 3.05) is 37.6 Å². The average molecular weight is 416 g/mol. The first kappa shape index (κ1) is 21.8. The molecule has 0 aliphatic carbocycles. The van der Waals surface area contributed by atoms with Crippen LogP contribution in [0.3, 0.4) is 0 Å².